The highest BCUT2D eigenvalue weighted by molar-refractivity contribution is 5.97. The smallest absolute Gasteiger partial charge is 0.244 e. The normalized spacial score (nSPS) is 13.8. The first-order valence-corrected chi connectivity index (χ1v) is 6.18. The SMILES string of the molecule is CCCC(C)(N)C(=O)Nc1ccc(OCC)nc1. The average molecular weight is 251 g/mol. The quantitative estimate of drug-likeness (QED) is 0.810. The van der Waals surface area contributed by atoms with Crippen molar-refractivity contribution < 1.29 is 9.53 Å². The van der Waals surface area contributed by atoms with E-state index in [9.17, 15) is 4.79 Å². The molecule has 0 aliphatic carbocycles. The van der Waals surface area contributed by atoms with Gasteiger partial charge in [0.1, 0.15) is 0 Å². The summed E-state index contributed by atoms with van der Waals surface area (Å²) in [6.45, 7) is 6.18. The lowest BCUT2D eigenvalue weighted by Gasteiger charge is -2.22. The average Bonchev–Trinajstić information content (AvgIpc) is 2.32. The predicted molar refractivity (Wildman–Crippen MR) is 71.5 cm³/mol. The van der Waals surface area contributed by atoms with Crippen LogP contribution >= 0.6 is 0 Å². The van der Waals surface area contributed by atoms with Crippen molar-refractivity contribution in [3.05, 3.63) is 18.3 Å². The van der Waals surface area contributed by atoms with Crippen LogP contribution in [0.1, 0.15) is 33.6 Å². The monoisotopic (exact) mass is 251 g/mol. The molecule has 1 amide bonds. The fourth-order valence-corrected chi connectivity index (χ4v) is 1.59. The molecule has 0 bridgehead atoms. The largest absolute Gasteiger partial charge is 0.478 e. The molecule has 1 unspecified atom stereocenters. The Morgan fingerprint density at radius 3 is 2.72 bits per heavy atom. The Morgan fingerprint density at radius 1 is 1.50 bits per heavy atom. The number of aromatic nitrogens is 1. The van der Waals surface area contributed by atoms with Crippen LogP contribution in [0, 0.1) is 0 Å². The lowest BCUT2D eigenvalue weighted by atomic mass is 9.96. The van der Waals surface area contributed by atoms with Crippen LogP contribution in [-0.4, -0.2) is 23.0 Å². The second kappa shape index (κ2) is 6.35. The zero-order valence-electron chi connectivity index (χ0n) is 11.2. The van der Waals surface area contributed by atoms with E-state index in [1.807, 2.05) is 13.8 Å². The summed E-state index contributed by atoms with van der Waals surface area (Å²) in [5.74, 6) is 0.342. The number of carbonyl (C=O) groups excluding carboxylic acids is 1. The Bertz CT molecular complexity index is 388. The molecule has 5 nitrogen and oxygen atoms in total. The molecule has 100 valence electrons. The maximum atomic E-state index is 11.9. The number of hydrogen-bond donors (Lipinski definition) is 2. The van der Waals surface area contributed by atoms with Gasteiger partial charge in [0, 0.05) is 6.07 Å². The van der Waals surface area contributed by atoms with Crippen molar-refractivity contribution in [2.45, 2.75) is 39.2 Å². The van der Waals surface area contributed by atoms with Crippen LogP contribution in [0.3, 0.4) is 0 Å². The zero-order valence-corrected chi connectivity index (χ0v) is 11.2. The molecule has 0 spiro atoms. The van der Waals surface area contributed by atoms with Gasteiger partial charge in [0.25, 0.3) is 0 Å². The van der Waals surface area contributed by atoms with Gasteiger partial charge in [0.2, 0.25) is 11.8 Å². The number of nitrogens with two attached hydrogens (primary N) is 1. The number of nitrogens with one attached hydrogen (secondary N) is 1. The van der Waals surface area contributed by atoms with Crippen molar-refractivity contribution >= 4 is 11.6 Å². The van der Waals surface area contributed by atoms with E-state index in [4.69, 9.17) is 10.5 Å². The lowest BCUT2D eigenvalue weighted by molar-refractivity contribution is -0.120. The molecular weight excluding hydrogens is 230 g/mol. The van der Waals surface area contributed by atoms with Gasteiger partial charge in [0.05, 0.1) is 24.0 Å². The van der Waals surface area contributed by atoms with E-state index < -0.39 is 5.54 Å². The molecule has 1 atom stereocenters. The van der Waals surface area contributed by atoms with Gasteiger partial charge in [-0.1, -0.05) is 13.3 Å². The topological polar surface area (TPSA) is 77.2 Å². The maximum Gasteiger partial charge on any atom is 0.244 e. The maximum absolute atomic E-state index is 11.9. The molecule has 1 aromatic rings. The van der Waals surface area contributed by atoms with Gasteiger partial charge in [-0.3, -0.25) is 4.79 Å². The minimum absolute atomic E-state index is 0.199. The number of amides is 1. The Balaban J connectivity index is 2.64. The van der Waals surface area contributed by atoms with Crippen LogP contribution in [0.4, 0.5) is 5.69 Å². The first-order chi connectivity index (χ1) is 8.49. The predicted octanol–water partition coefficient (Wildman–Crippen LogP) is 1.94. The van der Waals surface area contributed by atoms with Gasteiger partial charge in [-0.25, -0.2) is 4.98 Å². The van der Waals surface area contributed by atoms with E-state index in [-0.39, 0.29) is 5.91 Å². The molecule has 1 rings (SSSR count). The summed E-state index contributed by atoms with van der Waals surface area (Å²) in [5, 5.41) is 2.75. The number of rotatable bonds is 6. The fraction of sp³-hybridized carbons (Fsp3) is 0.538. The van der Waals surface area contributed by atoms with Gasteiger partial charge >= 0.3 is 0 Å². The van der Waals surface area contributed by atoms with Crippen LogP contribution in [0.5, 0.6) is 5.88 Å². The number of anilines is 1. The second-order valence-corrected chi connectivity index (χ2v) is 4.44. The zero-order chi connectivity index (χ0) is 13.6. The van der Waals surface area contributed by atoms with Gasteiger partial charge in [-0.05, 0) is 26.3 Å². The van der Waals surface area contributed by atoms with Crippen LogP contribution in [0.2, 0.25) is 0 Å². The molecule has 0 aromatic carbocycles. The molecule has 1 aromatic heterocycles. The van der Waals surface area contributed by atoms with Crippen molar-refractivity contribution in [3.63, 3.8) is 0 Å². The van der Waals surface area contributed by atoms with Gasteiger partial charge < -0.3 is 15.8 Å². The summed E-state index contributed by atoms with van der Waals surface area (Å²) in [6.07, 6.45) is 3.07. The van der Waals surface area contributed by atoms with Crippen LogP contribution in [0.15, 0.2) is 18.3 Å². The van der Waals surface area contributed by atoms with Crippen LogP contribution in [0.25, 0.3) is 0 Å². The Labute approximate surface area is 108 Å². The van der Waals surface area contributed by atoms with Crippen molar-refractivity contribution in [1.29, 1.82) is 0 Å². The summed E-state index contributed by atoms with van der Waals surface area (Å²) >= 11 is 0. The number of hydrogen-bond acceptors (Lipinski definition) is 4. The van der Waals surface area contributed by atoms with Crippen LogP contribution in [-0.2, 0) is 4.79 Å². The molecule has 0 aliphatic heterocycles. The molecule has 18 heavy (non-hydrogen) atoms. The van der Waals surface area contributed by atoms with Gasteiger partial charge in [-0.15, -0.1) is 0 Å². The summed E-state index contributed by atoms with van der Waals surface area (Å²) in [7, 11) is 0. The third-order valence-corrected chi connectivity index (χ3v) is 2.57. The molecule has 0 saturated carbocycles. The number of pyridine rings is 1. The fourth-order valence-electron chi connectivity index (χ4n) is 1.59. The van der Waals surface area contributed by atoms with E-state index in [2.05, 4.69) is 10.3 Å². The Kier molecular flexibility index (Phi) is 5.09. The molecule has 0 saturated heterocycles. The molecule has 5 heteroatoms. The van der Waals surface area contributed by atoms with Crippen molar-refractivity contribution in [2.75, 3.05) is 11.9 Å². The van der Waals surface area contributed by atoms with Gasteiger partial charge in [-0.2, -0.15) is 0 Å². The highest BCUT2D eigenvalue weighted by Gasteiger charge is 2.27. The van der Waals surface area contributed by atoms with Crippen molar-refractivity contribution in [1.82, 2.24) is 4.98 Å². The highest BCUT2D eigenvalue weighted by Crippen LogP contribution is 2.15. The van der Waals surface area contributed by atoms with E-state index >= 15 is 0 Å². The van der Waals surface area contributed by atoms with Crippen molar-refractivity contribution in [2.24, 2.45) is 5.73 Å². The number of ether oxygens (including phenoxy) is 1. The minimum atomic E-state index is -0.854. The van der Waals surface area contributed by atoms with Crippen LogP contribution < -0.4 is 15.8 Å². The van der Waals surface area contributed by atoms with Gasteiger partial charge in [0.15, 0.2) is 0 Å². The molecule has 1 heterocycles. The lowest BCUT2D eigenvalue weighted by Crippen LogP contribution is -2.48. The van der Waals surface area contributed by atoms with E-state index in [0.717, 1.165) is 6.42 Å². The summed E-state index contributed by atoms with van der Waals surface area (Å²) in [5.41, 5.74) is 5.71. The minimum Gasteiger partial charge on any atom is -0.478 e. The first kappa shape index (κ1) is 14.4. The highest BCUT2D eigenvalue weighted by atomic mass is 16.5. The van der Waals surface area contributed by atoms with E-state index in [1.165, 1.54) is 0 Å². The molecule has 0 aliphatic rings. The third-order valence-electron chi connectivity index (χ3n) is 2.57. The molecule has 3 N–H and O–H groups in total. The number of nitrogens with zero attached hydrogens (tertiary/aromatic N) is 1. The summed E-state index contributed by atoms with van der Waals surface area (Å²) in [4.78, 5) is 16.0. The first-order valence-electron chi connectivity index (χ1n) is 6.18. The van der Waals surface area contributed by atoms with E-state index in [1.54, 1.807) is 25.3 Å². The molecule has 0 radical (unpaired) electrons. The standard InChI is InChI=1S/C13H21N3O2/c1-4-8-13(3,14)12(17)16-10-6-7-11(15-9-10)18-5-2/h6-7,9H,4-5,8,14H2,1-3H3,(H,16,17). The summed E-state index contributed by atoms with van der Waals surface area (Å²) in [6, 6.07) is 3.46. The summed E-state index contributed by atoms with van der Waals surface area (Å²) < 4.78 is 5.22. The Hall–Kier alpha value is -1.62. The van der Waals surface area contributed by atoms with Crippen molar-refractivity contribution in [3.8, 4) is 5.88 Å². The molecule has 0 fully saturated rings. The second-order valence-electron chi connectivity index (χ2n) is 4.44. The van der Waals surface area contributed by atoms with E-state index in [0.29, 0.717) is 24.6 Å². The molecular formula is C13H21N3O2. The Morgan fingerprint density at radius 2 is 2.22 bits per heavy atom. The number of carbonyl (C=O) groups is 1. The third kappa shape index (κ3) is 4.00.